The second kappa shape index (κ2) is 7.14. The molecule has 136 valence electrons. The van der Waals surface area contributed by atoms with Crippen LogP contribution in [0.4, 0.5) is 13.2 Å². The summed E-state index contributed by atoms with van der Waals surface area (Å²) in [5.41, 5.74) is -2.81. The molecule has 1 aromatic heterocycles. The van der Waals surface area contributed by atoms with E-state index in [0.717, 1.165) is 10.1 Å². The lowest BCUT2D eigenvalue weighted by Crippen LogP contribution is -2.33. The highest BCUT2D eigenvalue weighted by atomic mass is 19.4. The second-order valence-corrected chi connectivity index (χ2v) is 5.83. The number of Topliss-reactive ketones (excluding diaryl/α,β-unsaturated/α-hetero) is 1. The Balaban J connectivity index is 2.86. The number of hydrogen-bond acceptors (Lipinski definition) is 4. The van der Waals surface area contributed by atoms with Crippen LogP contribution in [0.15, 0.2) is 35.1 Å². The molecule has 0 fully saturated rings. The van der Waals surface area contributed by atoms with Crippen LogP contribution in [0, 0.1) is 18.3 Å². The molecule has 1 unspecified atom stereocenters. The number of aliphatic hydroxyl groups is 1. The molecule has 0 spiro atoms. The summed E-state index contributed by atoms with van der Waals surface area (Å²) >= 11 is 0. The van der Waals surface area contributed by atoms with Crippen molar-refractivity contribution in [3.05, 3.63) is 57.4 Å². The van der Waals surface area contributed by atoms with Gasteiger partial charge in [0.1, 0.15) is 17.7 Å². The van der Waals surface area contributed by atoms with Gasteiger partial charge < -0.3 is 5.11 Å². The third-order valence-electron chi connectivity index (χ3n) is 3.81. The topological polar surface area (TPSA) is 83.1 Å². The van der Waals surface area contributed by atoms with Crippen molar-refractivity contribution in [3.8, 4) is 17.3 Å². The van der Waals surface area contributed by atoms with Crippen molar-refractivity contribution in [3.63, 3.8) is 0 Å². The molecule has 0 aliphatic rings. The number of benzene rings is 1. The maximum atomic E-state index is 13.3. The Morgan fingerprint density at radius 2 is 2.00 bits per heavy atom. The van der Waals surface area contributed by atoms with Gasteiger partial charge in [0.15, 0.2) is 5.78 Å². The Morgan fingerprint density at radius 1 is 1.35 bits per heavy atom. The number of pyridine rings is 1. The number of aliphatic hydroxyl groups excluding tert-OH is 1. The Bertz CT molecular complexity index is 954. The quantitative estimate of drug-likeness (QED) is 0.904. The Kier molecular flexibility index (Phi) is 5.33. The highest BCUT2D eigenvalue weighted by Crippen LogP contribution is 2.33. The monoisotopic (exact) mass is 364 g/mol. The van der Waals surface area contributed by atoms with Crippen LogP contribution >= 0.6 is 0 Å². The van der Waals surface area contributed by atoms with Crippen molar-refractivity contribution < 1.29 is 23.1 Å². The van der Waals surface area contributed by atoms with Gasteiger partial charge in [-0.2, -0.15) is 18.4 Å². The molecule has 2 rings (SSSR count). The molecule has 0 aliphatic carbocycles. The Morgan fingerprint density at radius 3 is 2.50 bits per heavy atom. The van der Waals surface area contributed by atoms with Gasteiger partial charge in [0.05, 0.1) is 17.8 Å². The van der Waals surface area contributed by atoms with Crippen molar-refractivity contribution in [2.75, 3.05) is 0 Å². The summed E-state index contributed by atoms with van der Waals surface area (Å²) in [5.74, 6) is -0.760. The first-order chi connectivity index (χ1) is 12.1. The van der Waals surface area contributed by atoms with Crippen molar-refractivity contribution in [1.29, 1.82) is 5.26 Å². The van der Waals surface area contributed by atoms with Gasteiger partial charge in [-0.05, 0) is 31.5 Å². The summed E-state index contributed by atoms with van der Waals surface area (Å²) < 4.78 is 40.7. The first-order valence-corrected chi connectivity index (χ1v) is 7.59. The summed E-state index contributed by atoms with van der Waals surface area (Å²) in [7, 11) is 0. The summed E-state index contributed by atoms with van der Waals surface area (Å²) in [4.78, 5) is 24.4. The number of aryl methyl sites for hydroxylation is 1. The second-order valence-electron chi connectivity index (χ2n) is 5.83. The number of ketones is 1. The van der Waals surface area contributed by atoms with E-state index in [-0.39, 0.29) is 11.3 Å². The number of carbonyl (C=O) groups excluding carboxylic acids is 1. The number of aromatic nitrogens is 1. The zero-order valence-corrected chi connectivity index (χ0v) is 14.0. The Labute approximate surface area is 146 Å². The van der Waals surface area contributed by atoms with Crippen molar-refractivity contribution in [2.24, 2.45) is 0 Å². The average Bonchev–Trinajstić information content (AvgIpc) is 2.54. The number of carbonyl (C=O) groups is 1. The molecule has 0 saturated carbocycles. The number of alkyl halides is 3. The molecule has 1 heterocycles. The number of nitrogens with zero attached hydrogens (tertiary/aromatic N) is 2. The smallest absolute Gasteiger partial charge is 0.386 e. The fourth-order valence-electron chi connectivity index (χ4n) is 2.47. The highest BCUT2D eigenvalue weighted by molar-refractivity contribution is 5.83. The van der Waals surface area contributed by atoms with Crippen LogP contribution in [-0.2, 0) is 17.5 Å². The molecule has 8 heteroatoms. The van der Waals surface area contributed by atoms with Gasteiger partial charge in [-0.25, -0.2) is 0 Å². The number of halogens is 3. The van der Waals surface area contributed by atoms with Gasteiger partial charge in [0, 0.05) is 0 Å². The zero-order chi connectivity index (χ0) is 19.6. The number of rotatable bonds is 4. The SMILES string of the molecule is Cc1cccc(-c2cc(C(F)(F)F)c(C#N)c(=O)n2CC(=O)C(C)O)c1. The largest absolute Gasteiger partial charge is 0.417 e. The predicted octanol–water partition coefficient (Wildman–Crippen LogP) is 2.66. The lowest BCUT2D eigenvalue weighted by molar-refractivity contribution is -0.137. The van der Waals surface area contributed by atoms with E-state index in [1.165, 1.54) is 19.1 Å². The minimum absolute atomic E-state index is 0.154. The lowest BCUT2D eigenvalue weighted by Gasteiger charge is -2.18. The molecule has 0 amide bonds. The summed E-state index contributed by atoms with van der Waals surface area (Å²) in [6, 6.07) is 8.34. The van der Waals surface area contributed by atoms with Crippen molar-refractivity contribution >= 4 is 5.78 Å². The first kappa shape index (κ1) is 19.4. The van der Waals surface area contributed by atoms with Crippen LogP contribution in [0.1, 0.15) is 23.6 Å². The molecular formula is C18H15F3N2O3. The van der Waals surface area contributed by atoms with Crippen LogP contribution in [-0.4, -0.2) is 21.6 Å². The molecule has 0 bridgehead atoms. The first-order valence-electron chi connectivity index (χ1n) is 7.59. The van der Waals surface area contributed by atoms with Crippen LogP contribution in [0.3, 0.4) is 0 Å². The summed E-state index contributed by atoms with van der Waals surface area (Å²) in [5, 5.41) is 18.4. The van der Waals surface area contributed by atoms with E-state index >= 15 is 0 Å². The maximum Gasteiger partial charge on any atom is 0.417 e. The van der Waals surface area contributed by atoms with E-state index in [2.05, 4.69) is 0 Å². The highest BCUT2D eigenvalue weighted by Gasteiger charge is 2.36. The minimum Gasteiger partial charge on any atom is -0.386 e. The van der Waals surface area contributed by atoms with E-state index in [1.54, 1.807) is 25.1 Å². The molecule has 1 aromatic carbocycles. The predicted molar refractivity (Wildman–Crippen MR) is 87.3 cm³/mol. The van der Waals surface area contributed by atoms with E-state index < -0.39 is 41.3 Å². The van der Waals surface area contributed by atoms with Crippen LogP contribution in [0.5, 0.6) is 0 Å². The fourth-order valence-corrected chi connectivity index (χ4v) is 2.47. The van der Waals surface area contributed by atoms with E-state index in [4.69, 9.17) is 5.26 Å². The molecule has 0 aliphatic heterocycles. The normalized spacial score (nSPS) is 12.5. The van der Waals surface area contributed by atoms with Crippen molar-refractivity contribution in [2.45, 2.75) is 32.7 Å². The van der Waals surface area contributed by atoms with Crippen LogP contribution in [0.25, 0.3) is 11.3 Å². The van der Waals surface area contributed by atoms with E-state index in [9.17, 15) is 27.9 Å². The molecule has 2 aromatic rings. The van der Waals surface area contributed by atoms with E-state index in [0.29, 0.717) is 6.07 Å². The molecule has 1 N–H and O–H groups in total. The molecular weight excluding hydrogens is 349 g/mol. The van der Waals surface area contributed by atoms with Gasteiger partial charge in [0.25, 0.3) is 5.56 Å². The number of nitriles is 1. The molecule has 1 atom stereocenters. The van der Waals surface area contributed by atoms with Crippen molar-refractivity contribution in [1.82, 2.24) is 4.57 Å². The van der Waals surface area contributed by atoms with Crippen LogP contribution in [0.2, 0.25) is 0 Å². The average molecular weight is 364 g/mol. The molecule has 5 nitrogen and oxygen atoms in total. The maximum absolute atomic E-state index is 13.3. The molecule has 0 radical (unpaired) electrons. The fraction of sp³-hybridized carbons (Fsp3) is 0.278. The number of hydrogen-bond donors (Lipinski definition) is 1. The van der Waals surface area contributed by atoms with Gasteiger partial charge in [0.2, 0.25) is 0 Å². The zero-order valence-electron chi connectivity index (χ0n) is 14.0. The summed E-state index contributed by atoms with van der Waals surface area (Å²) in [6.07, 6.45) is -6.31. The summed E-state index contributed by atoms with van der Waals surface area (Å²) in [6.45, 7) is 2.27. The van der Waals surface area contributed by atoms with E-state index in [1.807, 2.05) is 0 Å². The van der Waals surface area contributed by atoms with Gasteiger partial charge in [-0.1, -0.05) is 23.8 Å². The minimum atomic E-state index is -4.91. The van der Waals surface area contributed by atoms with Crippen LogP contribution < -0.4 is 5.56 Å². The van der Waals surface area contributed by atoms with Gasteiger partial charge >= 0.3 is 6.18 Å². The third-order valence-corrected chi connectivity index (χ3v) is 3.81. The molecule has 0 saturated heterocycles. The third kappa shape index (κ3) is 3.83. The Hall–Kier alpha value is -2.92. The lowest BCUT2D eigenvalue weighted by atomic mass is 10.0. The van der Waals surface area contributed by atoms with Gasteiger partial charge in [-0.15, -0.1) is 0 Å². The standard InChI is InChI=1S/C18H15F3N2O3/c1-10-4-3-5-12(6-10)15-7-14(18(19,20)21)13(8-22)17(26)23(15)9-16(25)11(2)24/h3-7,11,24H,9H2,1-2H3. The molecule has 26 heavy (non-hydrogen) atoms. The van der Waals surface area contributed by atoms with Gasteiger partial charge in [-0.3, -0.25) is 14.2 Å².